The number of nitrogens with one attached hydrogen (secondary N) is 2. The lowest BCUT2D eigenvalue weighted by molar-refractivity contribution is -0.144. The Morgan fingerprint density at radius 1 is 1.10 bits per heavy atom. The number of carboxylic acids is 1. The number of fused-ring (bicyclic) bond motifs is 1. The van der Waals surface area contributed by atoms with Crippen molar-refractivity contribution < 1.29 is 14.7 Å². The Labute approximate surface area is 175 Å². The van der Waals surface area contributed by atoms with E-state index in [9.17, 15) is 14.7 Å². The number of amides is 1. The summed E-state index contributed by atoms with van der Waals surface area (Å²) in [6, 6.07) is 13.9. The van der Waals surface area contributed by atoms with E-state index in [0.717, 1.165) is 36.0 Å². The van der Waals surface area contributed by atoms with Crippen molar-refractivity contribution in [2.45, 2.75) is 26.3 Å². The van der Waals surface area contributed by atoms with Crippen LogP contribution in [0.2, 0.25) is 0 Å². The second-order valence-corrected chi connectivity index (χ2v) is 8.47. The quantitative estimate of drug-likeness (QED) is 0.582. The maximum atomic E-state index is 12.5. The molecule has 1 saturated heterocycles. The maximum absolute atomic E-state index is 12.5. The molecule has 1 aromatic heterocycles. The monoisotopic (exact) mass is 405 g/mol. The zero-order chi connectivity index (χ0) is 21.3. The molecular weight excluding hydrogens is 378 g/mol. The highest BCUT2D eigenvalue weighted by Gasteiger charge is 2.34. The lowest BCUT2D eigenvalue weighted by Crippen LogP contribution is -2.43. The molecule has 0 saturated carbocycles. The van der Waals surface area contributed by atoms with Crippen LogP contribution in [0.3, 0.4) is 0 Å². The first-order valence-corrected chi connectivity index (χ1v) is 10.4. The van der Waals surface area contributed by atoms with Gasteiger partial charge in [0, 0.05) is 47.0 Å². The molecule has 1 unspecified atom stereocenters. The lowest BCUT2D eigenvalue weighted by atomic mass is 9.89. The Balaban J connectivity index is 1.66. The number of H-pyrrole nitrogens is 1. The fraction of sp³-hybridized carbons (Fsp3) is 0.333. The van der Waals surface area contributed by atoms with Crippen molar-refractivity contribution in [3.8, 4) is 0 Å². The van der Waals surface area contributed by atoms with Crippen LogP contribution in [0.25, 0.3) is 10.9 Å². The largest absolute Gasteiger partial charge is 0.480 e. The van der Waals surface area contributed by atoms with Crippen LogP contribution in [-0.2, 0) is 4.79 Å². The fourth-order valence-corrected chi connectivity index (χ4v) is 4.65. The number of aromatic amines is 1. The molecule has 0 radical (unpaired) electrons. The van der Waals surface area contributed by atoms with Gasteiger partial charge < -0.3 is 15.4 Å². The molecule has 30 heavy (non-hydrogen) atoms. The minimum absolute atomic E-state index is 0.194. The summed E-state index contributed by atoms with van der Waals surface area (Å²) in [6.45, 7) is 5.87. The summed E-state index contributed by atoms with van der Waals surface area (Å²) in [7, 11) is 0. The molecule has 1 amide bonds. The average molecular weight is 405 g/mol. The summed E-state index contributed by atoms with van der Waals surface area (Å²) in [5, 5.41) is 13.8. The first kappa shape index (κ1) is 20.2. The van der Waals surface area contributed by atoms with Gasteiger partial charge in [0.25, 0.3) is 5.91 Å². The number of carboxylic acid groups (broad SMARTS) is 1. The number of likely N-dealkylation sites (tertiary alicyclic amines) is 1. The van der Waals surface area contributed by atoms with Gasteiger partial charge in [0.15, 0.2) is 0 Å². The van der Waals surface area contributed by atoms with Crippen molar-refractivity contribution in [2.75, 3.05) is 18.4 Å². The number of nitrogens with zero attached hydrogens (tertiary/aromatic N) is 1. The molecule has 3 atom stereocenters. The van der Waals surface area contributed by atoms with Crippen molar-refractivity contribution in [2.24, 2.45) is 11.8 Å². The van der Waals surface area contributed by atoms with Crippen molar-refractivity contribution in [1.82, 2.24) is 9.88 Å². The van der Waals surface area contributed by atoms with E-state index in [1.807, 2.05) is 36.4 Å². The third-order valence-electron chi connectivity index (χ3n) is 5.80. The van der Waals surface area contributed by atoms with Gasteiger partial charge >= 0.3 is 5.97 Å². The zero-order valence-electron chi connectivity index (χ0n) is 17.3. The van der Waals surface area contributed by atoms with Gasteiger partial charge in [-0.25, -0.2) is 0 Å². The van der Waals surface area contributed by atoms with E-state index in [1.54, 1.807) is 18.3 Å². The molecule has 3 N–H and O–H groups in total. The minimum atomic E-state index is -0.851. The highest BCUT2D eigenvalue weighted by Crippen LogP contribution is 2.34. The molecule has 1 aliphatic heterocycles. The van der Waals surface area contributed by atoms with E-state index in [4.69, 9.17) is 0 Å². The molecule has 0 aliphatic carbocycles. The Kier molecular flexibility index (Phi) is 5.59. The summed E-state index contributed by atoms with van der Waals surface area (Å²) in [5.41, 5.74) is 2.80. The number of anilines is 1. The standard InChI is InChI=1S/C24H27N3O3/c1-15-10-16(2)14-27(13-15)22(24(29)30)20-12-25-21-9-8-18(11-19(20)21)26-23(28)17-6-4-3-5-7-17/h3-9,11-12,15-16,22,25H,10,13-14H2,1-2H3,(H,26,28)(H,29,30)/t15-,16+,22?. The van der Waals surface area contributed by atoms with Crippen molar-refractivity contribution >= 4 is 28.5 Å². The van der Waals surface area contributed by atoms with Gasteiger partial charge in [-0.3, -0.25) is 14.5 Å². The summed E-state index contributed by atoms with van der Waals surface area (Å²) in [5.74, 6) is -0.125. The Bertz CT molecular complexity index is 1050. The zero-order valence-corrected chi connectivity index (χ0v) is 17.3. The summed E-state index contributed by atoms with van der Waals surface area (Å²) < 4.78 is 0. The van der Waals surface area contributed by atoms with Crippen LogP contribution in [0, 0.1) is 11.8 Å². The minimum Gasteiger partial charge on any atom is -0.480 e. The molecule has 2 heterocycles. The molecule has 6 nitrogen and oxygen atoms in total. The topological polar surface area (TPSA) is 85.4 Å². The average Bonchev–Trinajstić information content (AvgIpc) is 3.11. The first-order valence-electron chi connectivity index (χ1n) is 10.4. The molecule has 2 aromatic carbocycles. The number of aliphatic carboxylic acids is 1. The lowest BCUT2D eigenvalue weighted by Gasteiger charge is -2.38. The van der Waals surface area contributed by atoms with Gasteiger partial charge in [-0.1, -0.05) is 32.0 Å². The molecule has 3 aromatic rings. The number of carbonyl (C=O) groups is 2. The van der Waals surface area contributed by atoms with Crippen LogP contribution in [0.1, 0.15) is 42.2 Å². The van der Waals surface area contributed by atoms with Crippen LogP contribution in [0.5, 0.6) is 0 Å². The van der Waals surface area contributed by atoms with E-state index >= 15 is 0 Å². The number of hydrogen-bond acceptors (Lipinski definition) is 3. The summed E-state index contributed by atoms with van der Waals surface area (Å²) in [6.07, 6.45) is 2.91. The van der Waals surface area contributed by atoms with Crippen LogP contribution in [-0.4, -0.2) is 40.0 Å². The number of piperidine rings is 1. The fourth-order valence-electron chi connectivity index (χ4n) is 4.65. The van der Waals surface area contributed by atoms with E-state index in [-0.39, 0.29) is 5.91 Å². The van der Waals surface area contributed by atoms with Crippen LogP contribution in [0.15, 0.2) is 54.7 Å². The van der Waals surface area contributed by atoms with Crippen molar-refractivity contribution in [1.29, 1.82) is 0 Å². The second kappa shape index (κ2) is 8.32. The summed E-state index contributed by atoms with van der Waals surface area (Å²) in [4.78, 5) is 30.1. The summed E-state index contributed by atoms with van der Waals surface area (Å²) >= 11 is 0. The normalized spacial score (nSPS) is 20.7. The highest BCUT2D eigenvalue weighted by molar-refractivity contribution is 6.05. The molecule has 4 rings (SSSR count). The molecule has 0 spiro atoms. The molecule has 0 bridgehead atoms. The van der Waals surface area contributed by atoms with E-state index < -0.39 is 12.0 Å². The van der Waals surface area contributed by atoms with Crippen LogP contribution >= 0.6 is 0 Å². The van der Waals surface area contributed by atoms with Crippen LogP contribution < -0.4 is 5.32 Å². The molecule has 156 valence electrons. The Morgan fingerprint density at radius 3 is 2.47 bits per heavy atom. The molecular formula is C24H27N3O3. The third-order valence-corrected chi connectivity index (χ3v) is 5.80. The number of aromatic nitrogens is 1. The van der Waals surface area contributed by atoms with Gasteiger partial charge in [-0.2, -0.15) is 0 Å². The van der Waals surface area contributed by atoms with Gasteiger partial charge in [-0.15, -0.1) is 0 Å². The molecule has 1 fully saturated rings. The van der Waals surface area contributed by atoms with Gasteiger partial charge in [-0.05, 0) is 48.6 Å². The second-order valence-electron chi connectivity index (χ2n) is 8.47. The van der Waals surface area contributed by atoms with E-state index in [2.05, 4.69) is 29.0 Å². The third kappa shape index (κ3) is 4.09. The Morgan fingerprint density at radius 2 is 1.80 bits per heavy atom. The Hall–Kier alpha value is -3.12. The van der Waals surface area contributed by atoms with Gasteiger partial charge in [0.2, 0.25) is 0 Å². The van der Waals surface area contributed by atoms with Gasteiger partial charge in [0.1, 0.15) is 6.04 Å². The number of benzene rings is 2. The smallest absolute Gasteiger partial charge is 0.325 e. The van der Waals surface area contributed by atoms with Gasteiger partial charge in [0.05, 0.1) is 0 Å². The predicted octanol–water partition coefficient (Wildman–Crippen LogP) is 4.52. The van der Waals surface area contributed by atoms with E-state index in [1.165, 1.54) is 0 Å². The van der Waals surface area contributed by atoms with Crippen molar-refractivity contribution in [3.05, 3.63) is 65.9 Å². The first-order chi connectivity index (χ1) is 14.4. The number of rotatable bonds is 5. The molecule has 1 aliphatic rings. The van der Waals surface area contributed by atoms with Crippen molar-refractivity contribution in [3.63, 3.8) is 0 Å². The van der Waals surface area contributed by atoms with E-state index in [0.29, 0.717) is 23.1 Å². The number of hydrogen-bond donors (Lipinski definition) is 3. The number of carbonyl (C=O) groups excluding carboxylic acids is 1. The molecule has 6 heteroatoms. The predicted molar refractivity (Wildman–Crippen MR) is 118 cm³/mol. The SMILES string of the molecule is C[C@@H]1C[C@H](C)CN(C(C(=O)O)c2c[nH]c3ccc(NC(=O)c4ccccc4)cc23)C1. The highest BCUT2D eigenvalue weighted by atomic mass is 16.4. The van der Waals surface area contributed by atoms with Crippen LogP contribution in [0.4, 0.5) is 5.69 Å². The maximum Gasteiger partial charge on any atom is 0.325 e.